The first-order valence-electron chi connectivity index (χ1n) is 10.9. The SMILES string of the molecule is CCOC(=O)c1cnc(-c2cccc(C)c2)nc1Nc1nc2scc(-c3ccc(OC)cc3)n2n1. The Labute approximate surface area is 205 Å². The van der Waals surface area contributed by atoms with Gasteiger partial charge < -0.3 is 14.8 Å². The van der Waals surface area contributed by atoms with Gasteiger partial charge in [0.2, 0.25) is 10.9 Å². The molecule has 5 aromatic rings. The molecule has 0 saturated carbocycles. The molecule has 0 aliphatic carbocycles. The van der Waals surface area contributed by atoms with Gasteiger partial charge in [0.1, 0.15) is 11.3 Å². The molecule has 2 aromatic carbocycles. The molecular weight excluding hydrogens is 464 g/mol. The molecular formula is C25H22N6O3S. The summed E-state index contributed by atoms with van der Waals surface area (Å²) < 4.78 is 12.2. The van der Waals surface area contributed by atoms with E-state index >= 15 is 0 Å². The molecule has 0 amide bonds. The van der Waals surface area contributed by atoms with Crippen LogP contribution < -0.4 is 10.1 Å². The lowest BCUT2D eigenvalue weighted by molar-refractivity contribution is 0.0526. The fourth-order valence-electron chi connectivity index (χ4n) is 3.56. The van der Waals surface area contributed by atoms with Crippen molar-refractivity contribution in [3.63, 3.8) is 0 Å². The minimum Gasteiger partial charge on any atom is -0.497 e. The van der Waals surface area contributed by atoms with Gasteiger partial charge in [-0.05, 0) is 44.2 Å². The number of carbonyl (C=O) groups excluding carboxylic acids is 1. The number of aromatic nitrogens is 5. The van der Waals surface area contributed by atoms with Crippen LogP contribution in [-0.4, -0.2) is 44.3 Å². The average Bonchev–Trinajstić information content (AvgIpc) is 3.44. The second-order valence-corrected chi connectivity index (χ2v) is 8.49. The second kappa shape index (κ2) is 9.51. The highest BCUT2D eigenvalue weighted by Gasteiger charge is 2.19. The first-order chi connectivity index (χ1) is 17.1. The molecule has 1 N–H and O–H groups in total. The van der Waals surface area contributed by atoms with Crippen molar-refractivity contribution in [3.05, 3.63) is 71.2 Å². The van der Waals surface area contributed by atoms with Crippen LogP contribution in [0.15, 0.2) is 60.1 Å². The number of aryl methyl sites for hydroxylation is 1. The number of anilines is 2. The molecule has 0 atom stereocenters. The number of hydrogen-bond donors (Lipinski definition) is 1. The van der Waals surface area contributed by atoms with Gasteiger partial charge in [-0.1, -0.05) is 23.8 Å². The van der Waals surface area contributed by atoms with Crippen LogP contribution in [0.3, 0.4) is 0 Å². The number of hydrogen-bond acceptors (Lipinski definition) is 9. The summed E-state index contributed by atoms with van der Waals surface area (Å²) in [5.41, 5.74) is 3.99. The van der Waals surface area contributed by atoms with Crippen molar-refractivity contribution in [1.82, 2.24) is 24.6 Å². The lowest BCUT2D eigenvalue weighted by Gasteiger charge is -2.10. The Morgan fingerprint density at radius 3 is 2.69 bits per heavy atom. The molecule has 3 aromatic heterocycles. The zero-order valence-electron chi connectivity index (χ0n) is 19.3. The van der Waals surface area contributed by atoms with Gasteiger partial charge in [-0.2, -0.15) is 4.98 Å². The van der Waals surface area contributed by atoms with Crippen LogP contribution in [0.1, 0.15) is 22.8 Å². The quantitative estimate of drug-likeness (QED) is 0.315. The standard InChI is InChI=1S/C25H22N6O3S/c1-4-34-23(32)19-13-26-21(17-7-5-6-15(2)12-17)27-22(19)28-24-29-25-31(30-24)20(14-35-25)16-8-10-18(33-3)11-9-16/h5-14H,4H2,1-3H3,(H,26,27,28,30). The normalized spacial score (nSPS) is 10.9. The van der Waals surface area contributed by atoms with Gasteiger partial charge in [-0.15, -0.1) is 16.4 Å². The zero-order chi connectivity index (χ0) is 24.4. The highest BCUT2D eigenvalue weighted by molar-refractivity contribution is 7.15. The summed E-state index contributed by atoms with van der Waals surface area (Å²) in [5, 5.41) is 9.70. The molecule has 5 rings (SSSR count). The van der Waals surface area contributed by atoms with Crippen LogP contribution in [0, 0.1) is 6.92 Å². The molecule has 0 aliphatic rings. The molecule has 0 bridgehead atoms. The van der Waals surface area contributed by atoms with Crippen molar-refractivity contribution in [2.45, 2.75) is 13.8 Å². The summed E-state index contributed by atoms with van der Waals surface area (Å²) in [4.78, 5) is 26.9. The third-order valence-electron chi connectivity index (χ3n) is 5.26. The number of thiazole rings is 1. The summed E-state index contributed by atoms with van der Waals surface area (Å²) in [6.07, 6.45) is 1.46. The Hall–Kier alpha value is -4.31. The maximum atomic E-state index is 12.6. The van der Waals surface area contributed by atoms with E-state index in [1.807, 2.05) is 60.8 Å². The van der Waals surface area contributed by atoms with Gasteiger partial charge in [-0.25, -0.2) is 19.3 Å². The molecule has 0 spiro atoms. The number of benzene rings is 2. The topological polar surface area (TPSA) is 104 Å². The van der Waals surface area contributed by atoms with E-state index in [1.54, 1.807) is 18.5 Å². The minimum absolute atomic E-state index is 0.205. The zero-order valence-corrected chi connectivity index (χ0v) is 20.2. The van der Waals surface area contributed by atoms with Crippen LogP contribution in [0.25, 0.3) is 27.6 Å². The van der Waals surface area contributed by atoms with Crippen molar-refractivity contribution in [2.24, 2.45) is 0 Å². The van der Waals surface area contributed by atoms with Crippen molar-refractivity contribution in [3.8, 4) is 28.4 Å². The van der Waals surface area contributed by atoms with E-state index in [-0.39, 0.29) is 18.0 Å². The largest absolute Gasteiger partial charge is 0.497 e. The number of fused-ring (bicyclic) bond motifs is 1. The smallest absolute Gasteiger partial charge is 0.343 e. The number of nitrogens with zero attached hydrogens (tertiary/aromatic N) is 5. The van der Waals surface area contributed by atoms with E-state index in [4.69, 9.17) is 9.47 Å². The third-order valence-corrected chi connectivity index (χ3v) is 6.07. The lowest BCUT2D eigenvalue weighted by atomic mass is 10.1. The predicted octanol–water partition coefficient (Wildman–Crippen LogP) is 5.15. The van der Waals surface area contributed by atoms with Crippen molar-refractivity contribution < 1.29 is 14.3 Å². The number of ether oxygens (including phenoxy) is 2. The lowest BCUT2D eigenvalue weighted by Crippen LogP contribution is -2.11. The molecule has 0 saturated heterocycles. The molecule has 176 valence electrons. The Morgan fingerprint density at radius 1 is 1.11 bits per heavy atom. The first kappa shape index (κ1) is 22.5. The maximum Gasteiger partial charge on any atom is 0.343 e. The van der Waals surface area contributed by atoms with Crippen LogP contribution in [0.5, 0.6) is 5.75 Å². The molecule has 0 radical (unpaired) electrons. The fourth-order valence-corrected chi connectivity index (χ4v) is 4.39. The Bertz CT molecular complexity index is 1510. The number of methoxy groups -OCH3 is 1. The van der Waals surface area contributed by atoms with Crippen molar-refractivity contribution in [2.75, 3.05) is 19.0 Å². The minimum atomic E-state index is -0.522. The monoisotopic (exact) mass is 486 g/mol. The number of esters is 1. The van der Waals surface area contributed by atoms with Gasteiger partial charge in [0.05, 0.1) is 19.4 Å². The number of nitrogens with one attached hydrogen (secondary N) is 1. The first-order valence-corrected chi connectivity index (χ1v) is 11.8. The molecule has 0 aliphatic heterocycles. The van der Waals surface area contributed by atoms with Gasteiger partial charge >= 0.3 is 5.97 Å². The van der Waals surface area contributed by atoms with Gasteiger partial charge in [0, 0.05) is 22.7 Å². The third kappa shape index (κ3) is 4.56. The van der Waals surface area contributed by atoms with E-state index in [0.717, 1.165) is 28.1 Å². The average molecular weight is 487 g/mol. The van der Waals surface area contributed by atoms with Crippen LogP contribution in [-0.2, 0) is 4.74 Å². The van der Waals surface area contributed by atoms with Gasteiger partial charge in [0.25, 0.3) is 0 Å². The highest BCUT2D eigenvalue weighted by atomic mass is 32.1. The fraction of sp³-hybridized carbons (Fsp3) is 0.160. The van der Waals surface area contributed by atoms with Crippen LogP contribution >= 0.6 is 11.3 Å². The van der Waals surface area contributed by atoms with Gasteiger partial charge in [-0.3, -0.25) is 0 Å². The summed E-state index contributed by atoms with van der Waals surface area (Å²) in [5.74, 6) is 1.32. The predicted molar refractivity (Wildman–Crippen MR) is 134 cm³/mol. The summed E-state index contributed by atoms with van der Waals surface area (Å²) in [7, 11) is 1.63. The van der Waals surface area contributed by atoms with E-state index in [2.05, 4.69) is 25.4 Å². The second-order valence-electron chi connectivity index (χ2n) is 7.65. The maximum absolute atomic E-state index is 12.6. The summed E-state index contributed by atoms with van der Waals surface area (Å²) in [6.45, 7) is 3.98. The van der Waals surface area contributed by atoms with E-state index in [9.17, 15) is 4.79 Å². The van der Waals surface area contributed by atoms with E-state index in [0.29, 0.717) is 16.7 Å². The Kier molecular flexibility index (Phi) is 6.11. The Morgan fingerprint density at radius 2 is 1.94 bits per heavy atom. The highest BCUT2D eigenvalue weighted by Crippen LogP contribution is 2.29. The molecule has 3 heterocycles. The Balaban J connectivity index is 1.52. The molecule has 35 heavy (non-hydrogen) atoms. The van der Waals surface area contributed by atoms with Crippen molar-refractivity contribution >= 4 is 34.0 Å². The molecule has 0 fully saturated rings. The van der Waals surface area contributed by atoms with E-state index in [1.165, 1.54) is 17.5 Å². The summed E-state index contributed by atoms with van der Waals surface area (Å²) in [6, 6.07) is 15.6. The molecule has 10 heteroatoms. The van der Waals surface area contributed by atoms with E-state index < -0.39 is 5.97 Å². The molecule has 0 unspecified atom stereocenters. The molecule has 9 nitrogen and oxygen atoms in total. The number of rotatable bonds is 7. The van der Waals surface area contributed by atoms with Crippen LogP contribution in [0.4, 0.5) is 11.8 Å². The van der Waals surface area contributed by atoms with Gasteiger partial charge in [0.15, 0.2) is 11.6 Å². The number of carbonyl (C=O) groups is 1. The van der Waals surface area contributed by atoms with Crippen molar-refractivity contribution in [1.29, 1.82) is 0 Å². The van der Waals surface area contributed by atoms with Crippen LogP contribution in [0.2, 0.25) is 0 Å². The summed E-state index contributed by atoms with van der Waals surface area (Å²) >= 11 is 1.46.